The van der Waals surface area contributed by atoms with Crippen molar-refractivity contribution in [3.63, 3.8) is 0 Å². The predicted octanol–water partition coefficient (Wildman–Crippen LogP) is 3.18. The van der Waals surface area contributed by atoms with Crippen LogP contribution in [0.3, 0.4) is 0 Å². The van der Waals surface area contributed by atoms with E-state index in [1.54, 1.807) is 0 Å². The molecule has 116 valence electrons. The van der Waals surface area contributed by atoms with Crippen molar-refractivity contribution in [3.8, 4) is 0 Å². The van der Waals surface area contributed by atoms with Gasteiger partial charge in [0, 0.05) is 25.0 Å². The van der Waals surface area contributed by atoms with Crippen LogP contribution in [-0.4, -0.2) is 29.9 Å². The topological polar surface area (TPSA) is 46.3 Å². The predicted molar refractivity (Wildman–Crippen MR) is 83.3 cm³/mol. The molecule has 0 aromatic carbocycles. The highest BCUT2D eigenvalue weighted by Crippen LogP contribution is 2.35. The number of nitrogens with two attached hydrogens (primary N) is 1. The summed E-state index contributed by atoms with van der Waals surface area (Å²) in [7, 11) is 0. The molecule has 1 unspecified atom stereocenters. The van der Waals surface area contributed by atoms with Crippen molar-refractivity contribution in [2.45, 2.75) is 71.8 Å². The fraction of sp³-hybridized carbons (Fsp3) is 0.941. The number of hydrogen-bond donors (Lipinski definition) is 1. The van der Waals surface area contributed by atoms with Crippen molar-refractivity contribution in [2.75, 3.05) is 13.1 Å². The summed E-state index contributed by atoms with van der Waals surface area (Å²) >= 11 is 0. The van der Waals surface area contributed by atoms with Crippen LogP contribution < -0.4 is 5.73 Å². The first kappa shape index (κ1) is 15.8. The molecule has 1 heterocycles. The lowest BCUT2D eigenvalue weighted by Gasteiger charge is -2.31. The Morgan fingerprint density at radius 2 is 1.65 bits per heavy atom. The van der Waals surface area contributed by atoms with Gasteiger partial charge in [-0.05, 0) is 56.3 Å². The van der Waals surface area contributed by atoms with Gasteiger partial charge < -0.3 is 10.6 Å². The van der Waals surface area contributed by atoms with E-state index in [1.165, 1.54) is 19.3 Å². The molecule has 2 aliphatic rings. The molecular formula is C17H32N2O. The SMILES string of the molecule is CC(C)(C)C1CCCN(C(=O)C2CCC(N)CC2)CC1. The van der Waals surface area contributed by atoms with Crippen LogP contribution in [0.25, 0.3) is 0 Å². The van der Waals surface area contributed by atoms with Gasteiger partial charge in [-0.3, -0.25) is 4.79 Å². The molecule has 1 saturated heterocycles. The zero-order valence-electron chi connectivity index (χ0n) is 13.5. The third-order valence-corrected chi connectivity index (χ3v) is 5.39. The van der Waals surface area contributed by atoms with Gasteiger partial charge in [0.05, 0.1) is 0 Å². The van der Waals surface area contributed by atoms with E-state index in [2.05, 4.69) is 25.7 Å². The van der Waals surface area contributed by atoms with E-state index in [4.69, 9.17) is 5.73 Å². The van der Waals surface area contributed by atoms with Gasteiger partial charge in [-0.25, -0.2) is 0 Å². The molecule has 0 aromatic heterocycles. The molecule has 0 radical (unpaired) electrons. The Labute approximate surface area is 124 Å². The van der Waals surface area contributed by atoms with Crippen LogP contribution in [0.1, 0.15) is 65.7 Å². The molecule has 3 nitrogen and oxygen atoms in total. The highest BCUT2D eigenvalue weighted by molar-refractivity contribution is 5.79. The maximum absolute atomic E-state index is 12.7. The first-order valence-electron chi connectivity index (χ1n) is 8.42. The molecule has 1 amide bonds. The Morgan fingerprint density at radius 3 is 2.25 bits per heavy atom. The minimum Gasteiger partial charge on any atom is -0.342 e. The van der Waals surface area contributed by atoms with Gasteiger partial charge in [0.1, 0.15) is 0 Å². The molecule has 2 fully saturated rings. The highest BCUT2D eigenvalue weighted by Gasteiger charge is 2.32. The number of hydrogen-bond acceptors (Lipinski definition) is 2. The van der Waals surface area contributed by atoms with Crippen molar-refractivity contribution >= 4 is 5.91 Å². The molecule has 20 heavy (non-hydrogen) atoms. The number of rotatable bonds is 1. The minimum absolute atomic E-state index is 0.251. The Hall–Kier alpha value is -0.570. The van der Waals surface area contributed by atoms with E-state index in [0.717, 1.165) is 44.7 Å². The fourth-order valence-corrected chi connectivity index (χ4v) is 3.81. The summed E-state index contributed by atoms with van der Waals surface area (Å²) in [6, 6.07) is 0.327. The quantitative estimate of drug-likeness (QED) is 0.802. The van der Waals surface area contributed by atoms with E-state index in [9.17, 15) is 4.79 Å². The Morgan fingerprint density at radius 1 is 1.00 bits per heavy atom. The molecular weight excluding hydrogens is 248 g/mol. The zero-order valence-corrected chi connectivity index (χ0v) is 13.5. The number of carbonyl (C=O) groups is 1. The summed E-state index contributed by atoms with van der Waals surface area (Å²) in [5.74, 6) is 1.41. The minimum atomic E-state index is 0.251. The molecule has 0 aromatic rings. The van der Waals surface area contributed by atoms with Gasteiger partial charge in [0.15, 0.2) is 0 Å². The molecule has 0 bridgehead atoms. The van der Waals surface area contributed by atoms with E-state index in [1.807, 2.05) is 0 Å². The molecule has 1 saturated carbocycles. The summed E-state index contributed by atoms with van der Waals surface area (Å²) in [5, 5.41) is 0. The van der Waals surface area contributed by atoms with Crippen LogP contribution in [0.5, 0.6) is 0 Å². The van der Waals surface area contributed by atoms with Crippen LogP contribution in [0, 0.1) is 17.3 Å². The smallest absolute Gasteiger partial charge is 0.225 e. The fourth-order valence-electron chi connectivity index (χ4n) is 3.81. The summed E-state index contributed by atoms with van der Waals surface area (Å²) < 4.78 is 0. The van der Waals surface area contributed by atoms with Gasteiger partial charge in [0.25, 0.3) is 0 Å². The maximum Gasteiger partial charge on any atom is 0.225 e. The van der Waals surface area contributed by atoms with E-state index in [-0.39, 0.29) is 5.92 Å². The third kappa shape index (κ3) is 3.97. The van der Waals surface area contributed by atoms with Gasteiger partial charge in [0.2, 0.25) is 5.91 Å². The average molecular weight is 280 g/mol. The van der Waals surface area contributed by atoms with Gasteiger partial charge in [-0.1, -0.05) is 20.8 Å². The standard InChI is InChI=1S/C17H32N2O/c1-17(2,3)14-5-4-11-19(12-10-14)16(20)13-6-8-15(18)9-7-13/h13-15H,4-12,18H2,1-3H3. The molecule has 2 rings (SSSR count). The van der Waals surface area contributed by atoms with Crippen LogP contribution in [0.4, 0.5) is 0 Å². The van der Waals surface area contributed by atoms with Gasteiger partial charge >= 0.3 is 0 Å². The van der Waals surface area contributed by atoms with Crippen molar-refractivity contribution in [1.82, 2.24) is 4.90 Å². The number of nitrogens with zero attached hydrogens (tertiary/aromatic N) is 1. The summed E-state index contributed by atoms with van der Waals surface area (Å²) in [5.41, 5.74) is 6.31. The summed E-state index contributed by atoms with van der Waals surface area (Å²) in [6.45, 7) is 8.92. The number of amides is 1. The Bertz CT molecular complexity index is 326. The van der Waals surface area contributed by atoms with E-state index in [0.29, 0.717) is 17.4 Å². The normalized spacial score (nSPS) is 32.8. The van der Waals surface area contributed by atoms with Crippen molar-refractivity contribution in [1.29, 1.82) is 0 Å². The van der Waals surface area contributed by atoms with Crippen LogP contribution >= 0.6 is 0 Å². The Kier molecular flexibility index (Phi) is 5.11. The van der Waals surface area contributed by atoms with Crippen LogP contribution in [0.2, 0.25) is 0 Å². The number of carbonyl (C=O) groups excluding carboxylic acids is 1. The maximum atomic E-state index is 12.7. The molecule has 1 aliphatic carbocycles. The third-order valence-electron chi connectivity index (χ3n) is 5.39. The van der Waals surface area contributed by atoms with Crippen molar-refractivity contribution in [3.05, 3.63) is 0 Å². The first-order valence-corrected chi connectivity index (χ1v) is 8.42. The molecule has 1 aliphatic heterocycles. The first-order chi connectivity index (χ1) is 9.38. The lowest BCUT2D eigenvalue weighted by Crippen LogP contribution is -2.40. The largest absolute Gasteiger partial charge is 0.342 e. The molecule has 0 spiro atoms. The second kappa shape index (κ2) is 6.46. The van der Waals surface area contributed by atoms with Crippen LogP contribution in [0.15, 0.2) is 0 Å². The van der Waals surface area contributed by atoms with E-state index < -0.39 is 0 Å². The van der Waals surface area contributed by atoms with Crippen LogP contribution in [-0.2, 0) is 4.79 Å². The van der Waals surface area contributed by atoms with Crippen molar-refractivity contribution in [2.24, 2.45) is 23.0 Å². The second-order valence-electron chi connectivity index (χ2n) is 7.93. The average Bonchev–Trinajstić information content (AvgIpc) is 2.64. The molecule has 3 heteroatoms. The van der Waals surface area contributed by atoms with Crippen molar-refractivity contribution < 1.29 is 4.79 Å². The molecule has 2 N–H and O–H groups in total. The lowest BCUT2D eigenvalue weighted by atomic mass is 9.77. The summed E-state index contributed by atoms with van der Waals surface area (Å²) in [6.07, 6.45) is 7.65. The monoisotopic (exact) mass is 280 g/mol. The Balaban J connectivity index is 1.88. The van der Waals surface area contributed by atoms with Gasteiger partial charge in [-0.2, -0.15) is 0 Å². The molecule has 1 atom stereocenters. The zero-order chi connectivity index (χ0) is 14.8. The summed E-state index contributed by atoms with van der Waals surface area (Å²) in [4.78, 5) is 14.8. The second-order valence-corrected chi connectivity index (χ2v) is 7.93. The van der Waals surface area contributed by atoms with Gasteiger partial charge in [-0.15, -0.1) is 0 Å². The highest BCUT2D eigenvalue weighted by atomic mass is 16.2. The number of likely N-dealkylation sites (tertiary alicyclic amines) is 1. The lowest BCUT2D eigenvalue weighted by molar-refractivity contribution is -0.136. The van der Waals surface area contributed by atoms with E-state index >= 15 is 0 Å².